The van der Waals surface area contributed by atoms with E-state index in [0.29, 0.717) is 6.04 Å². The first-order valence-corrected chi connectivity index (χ1v) is 8.28. The first-order chi connectivity index (χ1) is 10.8. The number of nitrogens with one attached hydrogen (secondary N) is 2. The molecule has 1 heterocycles. The Labute approximate surface area is 136 Å². The lowest BCUT2D eigenvalue weighted by Crippen LogP contribution is -2.19. The minimum absolute atomic E-state index is 0.529. The summed E-state index contributed by atoms with van der Waals surface area (Å²) in [5, 5.41) is 7.54. The van der Waals surface area contributed by atoms with E-state index in [1.165, 1.54) is 38.5 Å². The normalized spacial score (nSPS) is 16.0. The Kier molecular flexibility index (Phi) is 5.11. The molecule has 3 rings (SSSR count). The molecule has 0 saturated heterocycles. The van der Waals surface area contributed by atoms with Crippen molar-refractivity contribution in [2.75, 3.05) is 10.6 Å². The van der Waals surface area contributed by atoms with Crippen LogP contribution in [0.3, 0.4) is 0 Å². The number of benzene rings is 1. The van der Waals surface area contributed by atoms with Gasteiger partial charge in [-0.05, 0) is 37.1 Å². The lowest BCUT2D eigenvalue weighted by molar-refractivity contribution is 0.617. The molecule has 1 aliphatic carbocycles. The minimum Gasteiger partial charge on any atom is -0.367 e. The van der Waals surface area contributed by atoms with Gasteiger partial charge < -0.3 is 10.6 Å². The molecule has 0 bridgehead atoms. The predicted molar refractivity (Wildman–Crippen MR) is 91.9 cm³/mol. The van der Waals surface area contributed by atoms with Crippen molar-refractivity contribution in [2.45, 2.75) is 44.6 Å². The van der Waals surface area contributed by atoms with E-state index in [0.717, 1.165) is 22.3 Å². The van der Waals surface area contributed by atoms with Crippen LogP contribution < -0.4 is 10.6 Å². The molecule has 1 aromatic heterocycles. The Hall–Kier alpha value is -1.81. The maximum Gasteiger partial charge on any atom is 0.135 e. The summed E-state index contributed by atoms with van der Waals surface area (Å²) in [4.78, 5) is 8.61. The average molecular weight is 317 g/mol. The molecule has 0 amide bonds. The number of anilines is 3. The molecule has 1 saturated carbocycles. The first-order valence-electron chi connectivity index (χ1n) is 7.91. The van der Waals surface area contributed by atoms with Gasteiger partial charge in [0.1, 0.15) is 18.0 Å². The fraction of sp³-hybridized carbons (Fsp3) is 0.412. The number of hydrogen-bond acceptors (Lipinski definition) is 4. The molecule has 0 aliphatic heterocycles. The van der Waals surface area contributed by atoms with Gasteiger partial charge >= 0.3 is 0 Å². The summed E-state index contributed by atoms with van der Waals surface area (Å²) in [5.41, 5.74) is 0.962. The van der Waals surface area contributed by atoms with Crippen LogP contribution in [0.4, 0.5) is 17.3 Å². The second-order valence-electron chi connectivity index (χ2n) is 5.75. The monoisotopic (exact) mass is 316 g/mol. The van der Waals surface area contributed by atoms with Crippen molar-refractivity contribution >= 4 is 28.9 Å². The Morgan fingerprint density at radius 2 is 1.59 bits per heavy atom. The van der Waals surface area contributed by atoms with E-state index < -0.39 is 0 Å². The number of rotatable bonds is 4. The average Bonchev–Trinajstić information content (AvgIpc) is 2.79. The van der Waals surface area contributed by atoms with Crippen LogP contribution in [-0.4, -0.2) is 16.0 Å². The van der Waals surface area contributed by atoms with Gasteiger partial charge in [0.2, 0.25) is 0 Å². The van der Waals surface area contributed by atoms with Crippen molar-refractivity contribution in [3.05, 3.63) is 41.7 Å². The Morgan fingerprint density at radius 3 is 2.32 bits per heavy atom. The lowest BCUT2D eigenvalue weighted by Gasteiger charge is -2.17. The molecule has 2 N–H and O–H groups in total. The smallest absolute Gasteiger partial charge is 0.135 e. The quantitative estimate of drug-likeness (QED) is 0.779. The van der Waals surface area contributed by atoms with Crippen molar-refractivity contribution in [3.63, 3.8) is 0 Å². The van der Waals surface area contributed by atoms with E-state index in [-0.39, 0.29) is 0 Å². The van der Waals surface area contributed by atoms with Gasteiger partial charge in [-0.1, -0.05) is 37.3 Å². The van der Waals surface area contributed by atoms with E-state index in [1.807, 2.05) is 30.3 Å². The molecule has 1 aromatic carbocycles. The van der Waals surface area contributed by atoms with Crippen molar-refractivity contribution in [1.29, 1.82) is 0 Å². The van der Waals surface area contributed by atoms with Crippen LogP contribution in [0, 0.1) is 0 Å². The van der Waals surface area contributed by atoms with Gasteiger partial charge in [-0.15, -0.1) is 0 Å². The fourth-order valence-corrected chi connectivity index (χ4v) is 2.94. The Bertz CT molecular complexity index is 592. The fourth-order valence-electron chi connectivity index (χ4n) is 2.82. The molecule has 1 fully saturated rings. The number of aromatic nitrogens is 2. The van der Waals surface area contributed by atoms with Gasteiger partial charge in [0.25, 0.3) is 0 Å². The third kappa shape index (κ3) is 4.34. The molecule has 0 radical (unpaired) electrons. The zero-order chi connectivity index (χ0) is 15.2. The molecule has 5 heteroatoms. The molecular formula is C17H21ClN4. The molecule has 1 aliphatic rings. The van der Waals surface area contributed by atoms with Crippen LogP contribution in [0.15, 0.2) is 36.7 Å². The molecule has 4 nitrogen and oxygen atoms in total. The second kappa shape index (κ2) is 7.45. The lowest BCUT2D eigenvalue weighted by atomic mass is 10.1. The summed E-state index contributed by atoms with van der Waals surface area (Å²) in [6, 6.07) is 10.1. The van der Waals surface area contributed by atoms with Gasteiger partial charge in [0.15, 0.2) is 0 Å². The molecule has 0 atom stereocenters. The standard InChI is InChI=1S/C17H21ClN4/c18-13-7-9-15(10-8-13)22-17-11-16(19-12-20-17)21-14-5-3-1-2-4-6-14/h7-12,14H,1-6H2,(H2,19,20,21,22). The van der Waals surface area contributed by atoms with E-state index >= 15 is 0 Å². The van der Waals surface area contributed by atoms with Crippen molar-refractivity contribution in [1.82, 2.24) is 9.97 Å². The number of hydrogen-bond donors (Lipinski definition) is 2. The summed E-state index contributed by atoms with van der Waals surface area (Å²) in [6.45, 7) is 0. The third-order valence-corrected chi connectivity index (χ3v) is 4.24. The minimum atomic E-state index is 0.529. The first kappa shape index (κ1) is 15.1. The topological polar surface area (TPSA) is 49.8 Å². The van der Waals surface area contributed by atoms with E-state index in [4.69, 9.17) is 11.6 Å². The van der Waals surface area contributed by atoms with Crippen molar-refractivity contribution in [2.24, 2.45) is 0 Å². The Morgan fingerprint density at radius 1 is 0.909 bits per heavy atom. The summed E-state index contributed by atoms with van der Waals surface area (Å²) in [7, 11) is 0. The zero-order valence-corrected chi connectivity index (χ0v) is 13.3. The van der Waals surface area contributed by atoms with Crippen LogP contribution >= 0.6 is 11.6 Å². The van der Waals surface area contributed by atoms with Gasteiger partial charge in [0, 0.05) is 22.8 Å². The van der Waals surface area contributed by atoms with Crippen LogP contribution in [0.25, 0.3) is 0 Å². The van der Waals surface area contributed by atoms with Gasteiger partial charge in [0.05, 0.1) is 0 Å². The van der Waals surface area contributed by atoms with Gasteiger partial charge in [-0.3, -0.25) is 0 Å². The summed E-state index contributed by atoms with van der Waals surface area (Å²) in [5.74, 6) is 1.67. The van der Waals surface area contributed by atoms with Gasteiger partial charge in [-0.2, -0.15) is 0 Å². The Balaban J connectivity index is 1.65. The van der Waals surface area contributed by atoms with Crippen molar-refractivity contribution in [3.8, 4) is 0 Å². The van der Waals surface area contributed by atoms with E-state index in [1.54, 1.807) is 6.33 Å². The largest absolute Gasteiger partial charge is 0.367 e. The van der Waals surface area contributed by atoms with Crippen LogP contribution in [0.5, 0.6) is 0 Å². The number of halogens is 1. The molecule has 116 valence electrons. The zero-order valence-electron chi connectivity index (χ0n) is 12.6. The summed E-state index contributed by atoms with van der Waals surface area (Å²) >= 11 is 5.90. The van der Waals surface area contributed by atoms with E-state index in [9.17, 15) is 0 Å². The van der Waals surface area contributed by atoms with Crippen molar-refractivity contribution < 1.29 is 0 Å². The predicted octanol–water partition coefficient (Wildman–Crippen LogP) is 5.01. The highest BCUT2D eigenvalue weighted by Gasteiger charge is 2.12. The van der Waals surface area contributed by atoms with Crippen LogP contribution in [0.1, 0.15) is 38.5 Å². The molecule has 0 unspecified atom stereocenters. The SMILES string of the molecule is Clc1ccc(Nc2cc(NC3CCCCCC3)ncn2)cc1. The van der Waals surface area contributed by atoms with E-state index in [2.05, 4.69) is 20.6 Å². The van der Waals surface area contributed by atoms with Crippen LogP contribution in [-0.2, 0) is 0 Å². The molecule has 2 aromatic rings. The highest BCUT2D eigenvalue weighted by molar-refractivity contribution is 6.30. The maximum absolute atomic E-state index is 5.90. The summed E-state index contributed by atoms with van der Waals surface area (Å²) < 4.78 is 0. The number of nitrogens with zero attached hydrogens (tertiary/aromatic N) is 2. The van der Waals surface area contributed by atoms with Crippen LogP contribution in [0.2, 0.25) is 5.02 Å². The molecular weight excluding hydrogens is 296 g/mol. The maximum atomic E-state index is 5.90. The highest BCUT2D eigenvalue weighted by Crippen LogP contribution is 2.22. The molecule has 0 spiro atoms. The highest BCUT2D eigenvalue weighted by atomic mass is 35.5. The summed E-state index contributed by atoms with van der Waals surface area (Å²) in [6.07, 6.45) is 9.36. The second-order valence-corrected chi connectivity index (χ2v) is 6.19. The third-order valence-electron chi connectivity index (χ3n) is 3.99. The molecule has 22 heavy (non-hydrogen) atoms. The van der Waals surface area contributed by atoms with Gasteiger partial charge in [-0.25, -0.2) is 9.97 Å².